The molecule has 0 aliphatic heterocycles. The van der Waals surface area contributed by atoms with Gasteiger partial charge in [-0.1, -0.05) is 12.1 Å². The molecule has 1 aromatic rings. The molecule has 0 amide bonds. The Morgan fingerprint density at radius 1 is 1.40 bits per heavy atom. The number of benzene rings is 1. The van der Waals surface area contributed by atoms with Crippen molar-refractivity contribution in [2.45, 2.75) is 31.2 Å². The van der Waals surface area contributed by atoms with Crippen LogP contribution in [0.25, 0.3) is 0 Å². The van der Waals surface area contributed by atoms with Gasteiger partial charge in [-0.3, -0.25) is 0 Å². The quantitative estimate of drug-likeness (QED) is 0.862. The fourth-order valence-corrected chi connectivity index (χ4v) is 2.00. The predicted octanol–water partition coefficient (Wildman–Crippen LogP) is 2.54. The molecule has 1 aliphatic carbocycles. The van der Waals surface area contributed by atoms with Crippen LogP contribution in [0.1, 0.15) is 24.8 Å². The Labute approximate surface area is 97.2 Å². The van der Waals surface area contributed by atoms with E-state index in [1.165, 1.54) is 12.0 Å². The molecule has 84 valence electrons. The zero-order valence-electron chi connectivity index (χ0n) is 9.03. The molecule has 0 saturated heterocycles. The molecule has 0 spiro atoms. The van der Waals surface area contributed by atoms with Gasteiger partial charge in [0, 0.05) is 5.54 Å². The normalized spacial score (nSPS) is 17.5. The zero-order valence-corrected chi connectivity index (χ0v) is 9.85. The smallest absolute Gasteiger partial charge is 0.119 e. The summed E-state index contributed by atoms with van der Waals surface area (Å²) >= 11 is 0. The SMILES string of the molecule is COc1cccc(CC2(N)CCC2)c1.Cl. The standard InChI is InChI=1S/C12H17NO.ClH/c1-14-11-5-2-4-10(8-11)9-12(13)6-3-7-12;/h2,4-5,8H,3,6-7,9,13H2,1H3;1H. The molecular weight excluding hydrogens is 210 g/mol. The molecule has 1 aromatic carbocycles. The lowest BCUT2D eigenvalue weighted by Gasteiger charge is -2.38. The van der Waals surface area contributed by atoms with E-state index < -0.39 is 0 Å². The van der Waals surface area contributed by atoms with Gasteiger partial charge in [-0.15, -0.1) is 12.4 Å². The van der Waals surface area contributed by atoms with E-state index in [2.05, 4.69) is 12.1 Å². The highest BCUT2D eigenvalue weighted by molar-refractivity contribution is 5.85. The zero-order chi connectivity index (χ0) is 10.0. The second-order valence-corrected chi connectivity index (χ2v) is 4.24. The Morgan fingerprint density at radius 2 is 2.13 bits per heavy atom. The lowest BCUT2D eigenvalue weighted by molar-refractivity contribution is 0.247. The summed E-state index contributed by atoms with van der Waals surface area (Å²) in [6.07, 6.45) is 4.57. The maximum absolute atomic E-state index is 6.19. The van der Waals surface area contributed by atoms with Crippen LogP contribution in [0.4, 0.5) is 0 Å². The second-order valence-electron chi connectivity index (χ2n) is 4.24. The van der Waals surface area contributed by atoms with Gasteiger partial charge in [0.1, 0.15) is 5.75 Å². The van der Waals surface area contributed by atoms with Crippen LogP contribution in [-0.2, 0) is 6.42 Å². The summed E-state index contributed by atoms with van der Waals surface area (Å²) in [7, 11) is 1.70. The van der Waals surface area contributed by atoms with Crippen LogP contribution < -0.4 is 10.5 Å². The summed E-state index contributed by atoms with van der Waals surface area (Å²) in [6, 6.07) is 8.19. The number of halogens is 1. The average molecular weight is 228 g/mol. The first-order valence-corrected chi connectivity index (χ1v) is 5.14. The van der Waals surface area contributed by atoms with Gasteiger partial charge in [0.05, 0.1) is 7.11 Å². The van der Waals surface area contributed by atoms with Gasteiger partial charge in [0.15, 0.2) is 0 Å². The monoisotopic (exact) mass is 227 g/mol. The lowest BCUT2D eigenvalue weighted by Crippen LogP contribution is -2.48. The first-order chi connectivity index (χ1) is 6.72. The lowest BCUT2D eigenvalue weighted by atomic mass is 9.74. The van der Waals surface area contributed by atoms with E-state index >= 15 is 0 Å². The molecule has 0 aromatic heterocycles. The summed E-state index contributed by atoms with van der Waals surface area (Å²) in [5, 5.41) is 0. The minimum absolute atomic E-state index is 0. The molecule has 0 bridgehead atoms. The molecule has 0 atom stereocenters. The van der Waals surface area contributed by atoms with Gasteiger partial charge in [-0.2, -0.15) is 0 Å². The van der Waals surface area contributed by atoms with E-state index in [1.54, 1.807) is 7.11 Å². The van der Waals surface area contributed by atoms with Crippen LogP contribution >= 0.6 is 12.4 Å². The fraction of sp³-hybridized carbons (Fsp3) is 0.500. The molecule has 0 heterocycles. The van der Waals surface area contributed by atoms with Crippen molar-refractivity contribution in [2.75, 3.05) is 7.11 Å². The number of hydrogen-bond acceptors (Lipinski definition) is 2. The summed E-state index contributed by atoms with van der Waals surface area (Å²) in [4.78, 5) is 0. The minimum atomic E-state index is 0. The molecule has 3 heteroatoms. The van der Waals surface area contributed by atoms with E-state index in [1.807, 2.05) is 12.1 Å². The van der Waals surface area contributed by atoms with Gasteiger partial charge < -0.3 is 10.5 Å². The molecule has 0 unspecified atom stereocenters. The van der Waals surface area contributed by atoms with Crippen molar-refractivity contribution >= 4 is 12.4 Å². The van der Waals surface area contributed by atoms with E-state index in [-0.39, 0.29) is 17.9 Å². The fourth-order valence-electron chi connectivity index (χ4n) is 2.00. The van der Waals surface area contributed by atoms with E-state index in [0.717, 1.165) is 25.0 Å². The largest absolute Gasteiger partial charge is 0.497 e. The summed E-state index contributed by atoms with van der Waals surface area (Å²) in [5.41, 5.74) is 7.53. The van der Waals surface area contributed by atoms with Gasteiger partial charge in [-0.05, 0) is 43.4 Å². The molecule has 2 nitrogen and oxygen atoms in total. The molecule has 1 fully saturated rings. The number of ether oxygens (including phenoxy) is 1. The maximum Gasteiger partial charge on any atom is 0.119 e. The summed E-state index contributed by atoms with van der Waals surface area (Å²) in [6.45, 7) is 0. The third-order valence-corrected chi connectivity index (χ3v) is 3.04. The molecule has 1 aliphatic rings. The minimum Gasteiger partial charge on any atom is -0.497 e. The van der Waals surface area contributed by atoms with Crippen molar-refractivity contribution in [3.63, 3.8) is 0 Å². The van der Waals surface area contributed by atoms with E-state index in [9.17, 15) is 0 Å². The third kappa shape index (κ3) is 2.86. The maximum atomic E-state index is 6.19. The van der Waals surface area contributed by atoms with Crippen molar-refractivity contribution < 1.29 is 4.74 Å². The van der Waals surface area contributed by atoms with Crippen molar-refractivity contribution in [1.82, 2.24) is 0 Å². The van der Waals surface area contributed by atoms with Crippen molar-refractivity contribution in [3.8, 4) is 5.75 Å². The first kappa shape index (κ1) is 12.3. The topological polar surface area (TPSA) is 35.2 Å². The molecule has 2 rings (SSSR count). The van der Waals surface area contributed by atoms with E-state index in [4.69, 9.17) is 10.5 Å². The van der Waals surface area contributed by atoms with Crippen molar-refractivity contribution in [3.05, 3.63) is 29.8 Å². The highest BCUT2D eigenvalue weighted by atomic mass is 35.5. The van der Waals surface area contributed by atoms with E-state index in [0.29, 0.717) is 0 Å². The van der Waals surface area contributed by atoms with Gasteiger partial charge in [0.2, 0.25) is 0 Å². The molecule has 2 N–H and O–H groups in total. The van der Waals surface area contributed by atoms with Crippen LogP contribution in [0, 0.1) is 0 Å². The predicted molar refractivity (Wildman–Crippen MR) is 64.7 cm³/mol. The molecule has 15 heavy (non-hydrogen) atoms. The van der Waals surface area contributed by atoms with Crippen LogP contribution in [0.3, 0.4) is 0 Å². The Balaban J connectivity index is 0.00000112. The Hall–Kier alpha value is -0.730. The van der Waals surface area contributed by atoms with Crippen LogP contribution in [0.2, 0.25) is 0 Å². The highest BCUT2D eigenvalue weighted by Crippen LogP contribution is 2.32. The summed E-state index contributed by atoms with van der Waals surface area (Å²) < 4.78 is 5.18. The Kier molecular flexibility index (Phi) is 4.00. The van der Waals surface area contributed by atoms with Crippen molar-refractivity contribution in [1.29, 1.82) is 0 Å². The highest BCUT2D eigenvalue weighted by Gasteiger charge is 2.32. The average Bonchev–Trinajstić information content (AvgIpc) is 2.16. The molecule has 0 radical (unpaired) electrons. The van der Waals surface area contributed by atoms with Gasteiger partial charge in [0.25, 0.3) is 0 Å². The Bertz CT molecular complexity index is 323. The van der Waals surface area contributed by atoms with Crippen LogP contribution in [-0.4, -0.2) is 12.6 Å². The number of methoxy groups -OCH3 is 1. The number of nitrogens with two attached hydrogens (primary N) is 1. The first-order valence-electron chi connectivity index (χ1n) is 5.14. The third-order valence-electron chi connectivity index (χ3n) is 3.04. The van der Waals surface area contributed by atoms with Crippen LogP contribution in [0.5, 0.6) is 5.75 Å². The van der Waals surface area contributed by atoms with Crippen LogP contribution in [0.15, 0.2) is 24.3 Å². The summed E-state index contributed by atoms with van der Waals surface area (Å²) in [5.74, 6) is 0.922. The Morgan fingerprint density at radius 3 is 2.67 bits per heavy atom. The number of rotatable bonds is 3. The van der Waals surface area contributed by atoms with Gasteiger partial charge >= 0.3 is 0 Å². The molecular formula is C12H18ClNO. The number of hydrogen-bond donors (Lipinski definition) is 1. The second kappa shape index (κ2) is 4.86. The molecule has 1 saturated carbocycles. The van der Waals surface area contributed by atoms with Gasteiger partial charge in [-0.25, -0.2) is 0 Å². The van der Waals surface area contributed by atoms with Crippen molar-refractivity contribution in [2.24, 2.45) is 5.73 Å².